The van der Waals surface area contributed by atoms with E-state index in [0.29, 0.717) is 26.1 Å². The molecule has 1 heterocycles. The molecule has 7 heteroatoms. The molecule has 0 unspecified atom stereocenters. The zero-order valence-corrected chi connectivity index (χ0v) is 14.4. The van der Waals surface area contributed by atoms with Gasteiger partial charge in [0.05, 0.1) is 12.1 Å². The number of para-hydroxylation sites is 1. The lowest BCUT2D eigenvalue weighted by Gasteiger charge is -2.04. The number of hydrogen-bond acceptors (Lipinski definition) is 5. The van der Waals surface area contributed by atoms with E-state index >= 15 is 0 Å². The predicted octanol–water partition coefficient (Wildman–Crippen LogP) is 1.91. The van der Waals surface area contributed by atoms with Crippen LogP contribution in [0.5, 0.6) is 5.75 Å². The topological polar surface area (TPSA) is 80.3 Å². The molecule has 0 aliphatic heterocycles. The van der Waals surface area contributed by atoms with E-state index in [-0.39, 0.29) is 18.2 Å². The summed E-state index contributed by atoms with van der Waals surface area (Å²) in [7, 11) is 0. The normalized spacial score (nSPS) is 10.2. The van der Waals surface area contributed by atoms with Crippen LogP contribution in [0.15, 0.2) is 35.7 Å². The minimum atomic E-state index is -0.0707. The fourth-order valence-corrected chi connectivity index (χ4v) is 2.67. The molecule has 0 spiro atoms. The van der Waals surface area contributed by atoms with Gasteiger partial charge < -0.3 is 15.4 Å². The van der Waals surface area contributed by atoms with Gasteiger partial charge in [-0.1, -0.05) is 18.2 Å². The number of nitrogens with one attached hydrogen (secondary N) is 2. The molecule has 0 atom stereocenters. The van der Waals surface area contributed by atoms with Crippen LogP contribution >= 0.6 is 11.3 Å². The van der Waals surface area contributed by atoms with Gasteiger partial charge in [-0.3, -0.25) is 9.59 Å². The highest BCUT2D eigenvalue weighted by Gasteiger charge is 2.08. The maximum atomic E-state index is 11.8. The van der Waals surface area contributed by atoms with Crippen molar-refractivity contribution in [2.24, 2.45) is 0 Å². The summed E-state index contributed by atoms with van der Waals surface area (Å²) in [6, 6.07) is 9.55. The Labute approximate surface area is 145 Å². The number of aromatic nitrogens is 1. The fourth-order valence-electron chi connectivity index (χ4n) is 1.97. The van der Waals surface area contributed by atoms with Gasteiger partial charge in [-0.25, -0.2) is 4.98 Å². The number of nitrogens with zero attached hydrogens (tertiary/aromatic N) is 1. The zero-order chi connectivity index (χ0) is 17.2. The monoisotopic (exact) mass is 347 g/mol. The van der Waals surface area contributed by atoms with Crippen molar-refractivity contribution in [2.45, 2.75) is 26.4 Å². The lowest BCUT2D eigenvalue weighted by atomic mass is 10.3. The van der Waals surface area contributed by atoms with Gasteiger partial charge in [0.2, 0.25) is 11.8 Å². The predicted molar refractivity (Wildman–Crippen MR) is 92.9 cm³/mol. The number of carbonyl (C=O) groups excluding carboxylic acids is 2. The molecule has 0 aliphatic rings. The Kier molecular flexibility index (Phi) is 7.22. The third-order valence-corrected chi connectivity index (χ3v) is 3.97. The third kappa shape index (κ3) is 6.78. The van der Waals surface area contributed by atoms with Crippen molar-refractivity contribution in [3.05, 3.63) is 46.4 Å². The number of benzene rings is 1. The molecule has 0 saturated heterocycles. The molecule has 0 bridgehead atoms. The van der Waals surface area contributed by atoms with Crippen LogP contribution in [0.2, 0.25) is 0 Å². The second-order valence-electron chi connectivity index (χ2n) is 5.20. The molecule has 1 aromatic carbocycles. The minimum absolute atomic E-state index is 0.0611. The molecule has 0 radical (unpaired) electrons. The SMILES string of the molecule is CC(=O)NCCCNC(=O)Cc1csc(COc2ccccc2)n1. The summed E-state index contributed by atoms with van der Waals surface area (Å²) in [5.74, 6) is 0.666. The number of thiazole rings is 1. The van der Waals surface area contributed by atoms with Crippen LogP contribution in [0.4, 0.5) is 0 Å². The Bertz CT molecular complexity index is 658. The van der Waals surface area contributed by atoms with Crippen molar-refractivity contribution >= 4 is 23.2 Å². The standard InChI is InChI=1S/C17H21N3O3S/c1-13(21)18-8-5-9-19-16(22)10-14-12-24-17(20-14)11-23-15-6-3-2-4-7-15/h2-4,6-7,12H,5,8-11H2,1H3,(H,18,21)(H,19,22). The van der Waals surface area contributed by atoms with Crippen molar-refractivity contribution in [2.75, 3.05) is 13.1 Å². The van der Waals surface area contributed by atoms with Gasteiger partial charge in [0, 0.05) is 25.4 Å². The molecule has 24 heavy (non-hydrogen) atoms. The summed E-state index contributed by atoms with van der Waals surface area (Å²) < 4.78 is 5.63. The highest BCUT2D eigenvalue weighted by atomic mass is 32.1. The van der Waals surface area contributed by atoms with Crippen LogP contribution in [-0.2, 0) is 22.6 Å². The van der Waals surface area contributed by atoms with E-state index in [1.165, 1.54) is 18.3 Å². The van der Waals surface area contributed by atoms with E-state index in [9.17, 15) is 9.59 Å². The van der Waals surface area contributed by atoms with Gasteiger partial charge in [-0.2, -0.15) is 0 Å². The molecule has 128 valence electrons. The van der Waals surface area contributed by atoms with E-state index < -0.39 is 0 Å². The van der Waals surface area contributed by atoms with E-state index in [2.05, 4.69) is 15.6 Å². The van der Waals surface area contributed by atoms with Crippen LogP contribution in [0.1, 0.15) is 24.0 Å². The average molecular weight is 347 g/mol. The van der Waals surface area contributed by atoms with E-state index in [4.69, 9.17) is 4.74 Å². The van der Waals surface area contributed by atoms with Crippen LogP contribution in [0.3, 0.4) is 0 Å². The molecule has 6 nitrogen and oxygen atoms in total. The maximum Gasteiger partial charge on any atom is 0.226 e. The highest BCUT2D eigenvalue weighted by molar-refractivity contribution is 7.09. The molecule has 0 fully saturated rings. The van der Waals surface area contributed by atoms with Crippen LogP contribution in [-0.4, -0.2) is 29.9 Å². The van der Waals surface area contributed by atoms with Crippen molar-refractivity contribution in [1.29, 1.82) is 0 Å². The van der Waals surface area contributed by atoms with Crippen molar-refractivity contribution in [3.63, 3.8) is 0 Å². The van der Waals surface area contributed by atoms with E-state index in [1.807, 2.05) is 35.7 Å². The van der Waals surface area contributed by atoms with Gasteiger partial charge in [-0.15, -0.1) is 11.3 Å². The summed E-state index contributed by atoms with van der Waals surface area (Å²) in [6.45, 7) is 2.97. The van der Waals surface area contributed by atoms with Gasteiger partial charge in [0.25, 0.3) is 0 Å². The second-order valence-corrected chi connectivity index (χ2v) is 6.14. The minimum Gasteiger partial charge on any atom is -0.486 e. The quantitative estimate of drug-likeness (QED) is 0.679. The average Bonchev–Trinajstić information content (AvgIpc) is 3.00. The number of amides is 2. The Morgan fingerprint density at radius 1 is 1.17 bits per heavy atom. The highest BCUT2D eigenvalue weighted by Crippen LogP contribution is 2.15. The van der Waals surface area contributed by atoms with Crippen LogP contribution < -0.4 is 15.4 Å². The molecular weight excluding hydrogens is 326 g/mol. The molecule has 2 N–H and O–H groups in total. The van der Waals surface area contributed by atoms with Crippen molar-refractivity contribution < 1.29 is 14.3 Å². The Hall–Kier alpha value is -2.41. The van der Waals surface area contributed by atoms with Crippen LogP contribution in [0, 0.1) is 0 Å². The van der Waals surface area contributed by atoms with Crippen LogP contribution in [0.25, 0.3) is 0 Å². The largest absolute Gasteiger partial charge is 0.486 e. The first-order valence-electron chi connectivity index (χ1n) is 7.76. The first-order valence-corrected chi connectivity index (χ1v) is 8.63. The van der Waals surface area contributed by atoms with Gasteiger partial charge in [-0.05, 0) is 18.6 Å². The second kappa shape index (κ2) is 9.67. The number of rotatable bonds is 9. The van der Waals surface area contributed by atoms with Gasteiger partial charge in [0.1, 0.15) is 17.4 Å². The van der Waals surface area contributed by atoms with Gasteiger partial charge in [0.15, 0.2) is 0 Å². The number of hydrogen-bond donors (Lipinski definition) is 2. The summed E-state index contributed by atoms with van der Waals surface area (Å²) in [5.41, 5.74) is 0.742. The molecule has 0 saturated carbocycles. The number of carbonyl (C=O) groups is 2. The summed E-state index contributed by atoms with van der Waals surface area (Å²) in [4.78, 5) is 27.0. The Morgan fingerprint density at radius 3 is 2.67 bits per heavy atom. The first-order chi connectivity index (χ1) is 11.6. The summed E-state index contributed by atoms with van der Waals surface area (Å²) >= 11 is 1.48. The Balaban J connectivity index is 1.67. The molecule has 1 aromatic heterocycles. The third-order valence-electron chi connectivity index (χ3n) is 3.10. The van der Waals surface area contributed by atoms with E-state index in [1.54, 1.807) is 0 Å². The molecular formula is C17H21N3O3S. The van der Waals surface area contributed by atoms with E-state index in [0.717, 1.165) is 16.5 Å². The molecule has 2 rings (SSSR count). The first kappa shape index (κ1) is 17.9. The lowest BCUT2D eigenvalue weighted by molar-refractivity contribution is -0.120. The summed E-state index contributed by atoms with van der Waals surface area (Å²) in [5, 5.41) is 8.22. The maximum absolute atomic E-state index is 11.8. The van der Waals surface area contributed by atoms with Crippen molar-refractivity contribution in [1.82, 2.24) is 15.6 Å². The van der Waals surface area contributed by atoms with Gasteiger partial charge >= 0.3 is 0 Å². The molecule has 0 aliphatic carbocycles. The smallest absolute Gasteiger partial charge is 0.226 e. The summed E-state index contributed by atoms with van der Waals surface area (Å²) in [6.07, 6.45) is 0.959. The molecule has 2 aromatic rings. The molecule has 2 amide bonds. The zero-order valence-electron chi connectivity index (χ0n) is 13.6. The lowest BCUT2D eigenvalue weighted by Crippen LogP contribution is -2.29. The van der Waals surface area contributed by atoms with Crippen molar-refractivity contribution in [3.8, 4) is 5.75 Å². The number of ether oxygens (including phenoxy) is 1. The fraction of sp³-hybridized carbons (Fsp3) is 0.353. The Morgan fingerprint density at radius 2 is 1.92 bits per heavy atom.